The Morgan fingerprint density at radius 3 is 2.54 bits per heavy atom. The van der Waals surface area contributed by atoms with E-state index in [-0.39, 0.29) is 5.91 Å². The van der Waals surface area contributed by atoms with Crippen molar-refractivity contribution >= 4 is 5.91 Å². The lowest BCUT2D eigenvalue weighted by Crippen LogP contribution is -2.42. The Bertz CT molecular complexity index is 329. The third-order valence-electron chi connectivity index (χ3n) is 2.52. The first-order chi connectivity index (χ1) is 6.29. The molecule has 1 amide bonds. The molecule has 2 heteroatoms. The van der Waals surface area contributed by atoms with Crippen LogP contribution < -0.4 is 0 Å². The molecule has 1 saturated heterocycles. The molecule has 1 aromatic rings. The summed E-state index contributed by atoms with van der Waals surface area (Å²) in [4.78, 5) is 13.7. The molecule has 1 aliphatic heterocycles. The van der Waals surface area contributed by atoms with Crippen LogP contribution in [-0.2, 0) is 0 Å². The van der Waals surface area contributed by atoms with Gasteiger partial charge in [-0.15, -0.1) is 0 Å². The third kappa shape index (κ3) is 1.44. The number of likely N-dealkylation sites (tertiary alicyclic amines) is 1. The number of nitrogens with zero attached hydrogens (tertiary/aromatic N) is 1. The summed E-state index contributed by atoms with van der Waals surface area (Å²) < 4.78 is 0. The third-order valence-corrected chi connectivity index (χ3v) is 2.52. The van der Waals surface area contributed by atoms with Crippen LogP contribution in [0.5, 0.6) is 0 Å². The molecule has 2 nitrogen and oxygen atoms in total. The Balaban J connectivity index is 2.24. The van der Waals surface area contributed by atoms with Crippen LogP contribution in [0.3, 0.4) is 0 Å². The van der Waals surface area contributed by atoms with Gasteiger partial charge in [0.1, 0.15) is 0 Å². The average Bonchev–Trinajstić information content (AvgIpc) is 2.01. The normalized spacial score (nSPS) is 15.3. The topological polar surface area (TPSA) is 20.3 Å². The molecule has 0 N–H and O–H groups in total. The predicted molar refractivity (Wildman–Crippen MR) is 51.7 cm³/mol. The first-order valence-electron chi connectivity index (χ1n) is 4.64. The van der Waals surface area contributed by atoms with E-state index in [1.807, 2.05) is 36.1 Å². The van der Waals surface area contributed by atoms with Gasteiger partial charge < -0.3 is 4.90 Å². The smallest absolute Gasteiger partial charge is 0.254 e. The van der Waals surface area contributed by atoms with Gasteiger partial charge in [0.05, 0.1) is 0 Å². The van der Waals surface area contributed by atoms with Crippen LogP contribution in [0.25, 0.3) is 0 Å². The van der Waals surface area contributed by atoms with Crippen molar-refractivity contribution in [2.45, 2.75) is 13.3 Å². The van der Waals surface area contributed by atoms with Crippen molar-refractivity contribution < 1.29 is 4.79 Å². The first kappa shape index (κ1) is 8.30. The molecule has 0 aromatic heterocycles. The number of carbonyl (C=O) groups excluding carboxylic acids is 1. The van der Waals surface area contributed by atoms with E-state index in [9.17, 15) is 4.79 Å². The molecule has 1 fully saturated rings. The van der Waals surface area contributed by atoms with E-state index >= 15 is 0 Å². The zero-order valence-corrected chi connectivity index (χ0v) is 7.79. The van der Waals surface area contributed by atoms with E-state index < -0.39 is 0 Å². The van der Waals surface area contributed by atoms with E-state index in [2.05, 4.69) is 0 Å². The maximum absolute atomic E-state index is 11.8. The van der Waals surface area contributed by atoms with Gasteiger partial charge in [0.2, 0.25) is 0 Å². The van der Waals surface area contributed by atoms with E-state index in [0.29, 0.717) is 0 Å². The van der Waals surface area contributed by atoms with Gasteiger partial charge >= 0.3 is 0 Å². The minimum Gasteiger partial charge on any atom is -0.339 e. The Kier molecular flexibility index (Phi) is 2.05. The highest BCUT2D eigenvalue weighted by Gasteiger charge is 2.22. The number of aryl methyl sites for hydroxylation is 1. The fraction of sp³-hybridized carbons (Fsp3) is 0.364. The summed E-state index contributed by atoms with van der Waals surface area (Å²) >= 11 is 0. The van der Waals surface area contributed by atoms with Crippen molar-refractivity contribution in [3.63, 3.8) is 0 Å². The molecular formula is C11H13NO. The van der Waals surface area contributed by atoms with Crippen molar-refractivity contribution in [2.75, 3.05) is 13.1 Å². The molecule has 0 bridgehead atoms. The van der Waals surface area contributed by atoms with Crippen LogP contribution in [0.2, 0.25) is 0 Å². The fourth-order valence-corrected chi connectivity index (χ4v) is 1.50. The zero-order chi connectivity index (χ0) is 9.26. The monoisotopic (exact) mass is 175 g/mol. The van der Waals surface area contributed by atoms with Crippen LogP contribution in [0, 0.1) is 6.92 Å². The minimum absolute atomic E-state index is 0.185. The van der Waals surface area contributed by atoms with Gasteiger partial charge in [0.25, 0.3) is 5.91 Å². The van der Waals surface area contributed by atoms with Gasteiger partial charge in [0, 0.05) is 18.7 Å². The predicted octanol–water partition coefficient (Wildman–Crippen LogP) is 1.84. The van der Waals surface area contributed by atoms with Gasteiger partial charge in [-0.1, -0.05) is 18.2 Å². The summed E-state index contributed by atoms with van der Waals surface area (Å²) in [5, 5.41) is 0. The van der Waals surface area contributed by atoms with Gasteiger partial charge in [-0.05, 0) is 25.0 Å². The second-order valence-corrected chi connectivity index (χ2v) is 3.46. The van der Waals surface area contributed by atoms with E-state index in [0.717, 1.165) is 30.6 Å². The fourth-order valence-electron chi connectivity index (χ4n) is 1.50. The molecule has 0 spiro atoms. The largest absolute Gasteiger partial charge is 0.339 e. The molecule has 0 aliphatic carbocycles. The van der Waals surface area contributed by atoms with E-state index in [1.54, 1.807) is 0 Å². The molecule has 1 aliphatic rings. The van der Waals surface area contributed by atoms with Crippen molar-refractivity contribution in [1.29, 1.82) is 0 Å². The minimum atomic E-state index is 0.185. The summed E-state index contributed by atoms with van der Waals surface area (Å²) in [6.07, 6.45) is 1.15. The standard InChI is InChI=1S/C11H13NO/c1-9-5-2-3-6-10(9)11(13)12-7-4-8-12/h2-3,5-6H,4,7-8H2,1H3. The lowest BCUT2D eigenvalue weighted by molar-refractivity contribution is 0.0651. The summed E-state index contributed by atoms with van der Waals surface area (Å²) in [6.45, 7) is 3.83. The number of hydrogen-bond acceptors (Lipinski definition) is 1. The first-order valence-corrected chi connectivity index (χ1v) is 4.64. The highest BCUT2D eigenvalue weighted by Crippen LogP contribution is 2.15. The Labute approximate surface area is 78.2 Å². The molecule has 1 heterocycles. The highest BCUT2D eigenvalue weighted by molar-refractivity contribution is 5.96. The maximum Gasteiger partial charge on any atom is 0.254 e. The van der Waals surface area contributed by atoms with Crippen LogP contribution in [0.15, 0.2) is 24.3 Å². The number of amides is 1. The number of hydrogen-bond donors (Lipinski definition) is 0. The second kappa shape index (κ2) is 3.21. The zero-order valence-electron chi connectivity index (χ0n) is 7.79. The quantitative estimate of drug-likeness (QED) is 0.637. The van der Waals surface area contributed by atoms with Gasteiger partial charge in [-0.25, -0.2) is 0 Å². The van der Waals surface area contributed by atoms with Crippen molar-refractivity contribution in [1.82, 2.24) is 4.90 Å². The molecule has 68 valence electrons. The molecular weight excluding hydrogens is 162 g/mol. The van der Waals surface area contributed by atoms with Crippen LogP contribution >= 0.6 is 0 Å². The molecule has 2 rings (SSSR count). The van der Waals surface area contributed by atoms with Gasteiger partial charge in [0.15, 0.2) is 0 Å². The summed E-state index contributed by atoms with van der Waals surface area (Å²) in [7, 11) is 0. The lowest BCUT2D eigenvalue weighted by atomic mass is 10.1. The number of carbonyl (C=O) groups is 1. The Hall–Kier alpha value is -1.31. The van der Waals surface area contributed by atoms with Crippen LogP contribution in [0.4, 0.5) is 0 Å². The summed E-state index contributed by atoms with van der Waals surface area (Å²) in [5.41, 5.74) is 1.92. The SMILES string of the molecule is Cc1ccccc1C(=O)N1CCC1. The second-order valence-electron chi connectivity index (χ2n) is 3.46. The summed E-state index contributed by atoms with van der Waals surface area (Å²) in [5.74, 6) is 0.185. The Morgan fingerprint density at radius 2 is 2.00 bits per heavy atom. The Morgan fingerprint density at radius 1 is 1.31 bits per heavy atom. The van der Waals surface area contributed by atoms with Gasteiger partial charge in [-0.2, -0.15) is 0 Å². The number of benzene rings is 1. The molecule has 0 saturated carbocycles. The van der Waals surface area contributed by atoms with Crippen molar-refractivity contribution in [3.05, 3.63) is 35.4 Å². The van der Waals surface area contributed by atoms with Crippen molar-refractivity contribution in [3.8, 4) is 0 Å². The molecule has 13 heavy (non-hydrogen) atoms. The maximum atomic E-state index is 11.8. The lowest BCUT2D eigenvalue weighted by Gasteiger charge is -2.31. The van der Waals surface area contributed by atoms with Gasteiger partial charge in [-0.3, -0.25) is 4.79 Å². The molecule has 1 aromatic carbocycles. The molecule has 0 atom stereocenters. The van der Waals surface area contributed by atoms with Crippen molar-refractivity contribution in [2.24, 2.45) is 0 Å². The molecule has 0 unspecified atom stereocenters. The van der Waals surface area contributed by atoms with Crippen LogP contribution in [-0.4, -0.2) is 23.9 Å². The summed E-state index contributed by atoms with van der Waals surface area (Å²) in [6, 6.07) is 7.76. The average molecular weight is 175 g/mol. The number of rotatable bonds is 1. The molecule has 0 radical (unpaired) electrons. The van der Waals surface area contributed by atoms with E-state index in [1.165, 1.54) is 0 Å². The van der Waals surface area contributed by atoms with E-state index in [4.69, 9.17) is 0 Å². The highest BCUT2D eigenvalue weighted by atomic mass is 16.2. The van der Waals surface area contributed by atoms with Crippen LogP contribution in [0.1, 0.15) is 22.3 Å².